The molecule has 0 unspecified atom stereocenters. The van der Waals surface area contributed by atoms with Gasteiger partial charge in [-0.05, 0) is 16.7 Å². The number of carbonyl (C=O) groups excluding carboxylic acids is 1. The van der Waals surface area contributed by atoms with Crippen LogP contribution in [0.1, 0.15) is 22.7 Å². The summed E-state index contributed by atoms with van der Waals surface area (Å²) in [5.74, 6) is -0.294. The van der Waals surface area contributed by atoms with E-state index in [0.29, 0.717) is 12.2 Å². The lowest BCUT2D eigenvalue weighted by Crippen LogP contribution is -2.38. The molecule has 31 heavy (non-hydrogen) atoms. The van der Waals surface area contributed by atoms with E-state index in [1.165, 1.54) is 12.1 Å². The van der Waals surface area contributed by atoms with Crippen LogP contribution in [0.15, 0.2) is 84.9 Å². The number of non-ortho nitro benzene ring substituents is 1. The topological polar surface area (TPSA) is 105 Å². The fraction of sp³-hybridized carbons (Fsp3) is 0.208. The summed E-state index contributed by atoms with van der Waals surface area (Å²) in [6.45, 7) is 0.344. The Hall–Kier alpha value is -3.39. The van der Waals surface area contributed by atoms with E-state index >= 15 is 0 Å². The van der Waals surface area contributed by atoms with E-state index in [4.69, 9.17) is 15.2 Å². The maximum atomic E-state index is 12.9. The first-order valence-corrected chi connectivity index (χ1v) is 9.84. The molecule has 160 valence electrons. The lowest BCUT2D eigenvalue weighted by atomic mass is 9.99. The van der Waals surface area contributed by atoms with E-state index in [1.54, 1.807) is 12.1 Å². The van der Waals surface area contributed by atoms with Crippen LogP contribution < -0.4 is 5.73 Å². The number of nitro benzene ring substituents is 1. The minimum Gasteiger partial charge on any atom is -0.369 e. The molecule has 7 nitrogen and oxygen atoms in total. The van der Waals surface area contributed by atoms with E-state index < -0.39 is 17.1 Å². The Morgan fingerprint density at radius 1 is 0.871 bits per heavy atom. The van der Waals surface area contributed by atoms with Gasteiger partial charge in [0, 0.05) is 12.1 Å². The summed E-state index contributed by atoms with van der Waals surface area (Å²) in [4.78, 5) is 23.3. The normalized spacial score (nSPS) is 12.8. The summed E-state index contributed by atoms with van der Waals surface area (Å²) in [7, 11) is 0. The van der Waals surface area contributed by atoms with Gasteiger partial charge in [-0.25, -0.2) is 0 Å². The molecule has 0 aliphatic rings. The Balaban J connectivity index is 1.69. The van der Waals surface area contributed by atoms with E-state index in [2.05, 4.69) is 0 Å². The summed E-state index contributed by atoms with van der Waals surface area (Å²) in [6.07, 6.45) is -0.961. The largest absolute Gasteiger partial charge is 0.369 e. The number of nitrogens with two attached hydrogens (primary N) is 1. The highest BCUT2D eigenvalue weighted by Crippen LogP contribution is 2.22. The molecule has 7 heteroatoms. The zero-order valence-corrected chi connectivity index (χ0v) is 16.9. The predicted octanol–water partition coefficient (Wildman–Crippen LogP) is 3.97. The molecule has 3 aromatic carbocycles. The van der Waals surface area contributed by atoms with Gasteiger partial charge in [0.15, 0.2) is 5.78 Å². The average molecular weight is 420 g/mol. The van der Waals surface area contributed by atoms with Crippen molar-refractivity contribution in [1.82, 2.24) is 0 Å². The van der Waals surface area contributed by atoms with Crippen LogP contribution in [-0.2, 0) is 27.5 Å². The first-order valence-electron chi connectivity index (χ1n) is 9.84. The Kier molecular flexibility index (Phi) is 8.00. The smallest absolute Gasteiger partial charge is 0.269 e. The molecular formula is C24H24N2O5. The van der Waals surface area contributed by atoms with Crippen LogP contribution in [0.5, 0.6) is 0 Å². The highest BCUT2D eigenvalue weighted by atomic mass is 16.6. The second-order valence-corrected chi connectivity index (χ2v) is 7.04. The van der Waals surface area contributed by atoms with Gasteiger partial charge < -0.3 is 15.2 Å². The summed E-state index contributed by atoms with van der Waals surface area (Å²) in [6, 6.07) is 24.0. The van der Waals surface area contributed by atoms with Crippen LogP contribution in [0.4, 0.5) is 5.69 Å². The van der Waals surface area contributed by atoms with Gasteiger partial charge in [0.1, 0.15) is 12.7 Å². The molecule has 0 aromatic heterocycles. The number of rotatable bonds is 11. The molecular weight excluding hydrogens is 396 g/mol. The van der Waals surface area contributed by atoms with Crippen molar-refractivity contribution in [1.29, 1.82) is 0 Å². The van der Waals surface area contributed by atoms with Gasteiger partial charge in [-0.15, -0.1) is 0 Å². The van der Waals surface area contributed by atoms with E-state index in [9.17, 15) is 14.9 Å². The van der Waals surface area contributed by atoms with Crippen LogP contribution in [0, 0.1) is 10.1 Å². The maximum absolute atomic E-state index is 12.9. The molecule has 0 bridgehead atoms. The van der Waals surface area contributed by atoms with E-state index in [0.717, 1.165) is 11.1 Å². The van der Waals surface area contributed by atoms with Crippen molar-refractivity contribution in [2.24, 2.45) is 5.73 Å². The molecule has 0 saturated heterocycles. The van der Waals surface area contributed by atoms with E-state index in [-0.39, 0.29) is 24.7 Å². The highest BCUT2D eigenvalue weighted by Gasteiger charge is 2.28. The second-order valence-electron chi connectivity index (χ2n) is 7.04. The van der Waals surface area contributed by atoms with Crippen LogP contribution >= 0.6 is 0 Å². The summed E-state index contributed by atoms with van der Waals surface area (Å²) in [5.41, 5.74) is 8.72. The molecule has 0 saturated carbocycles. The van der Waals surface area contributed by atoms with Gasteiger partial charge in [0.2, 0.25) is 0 Å². The number of hydrogen-bond donors (Lipinski definition) is 1. The quantitative estimate of drug-likeness (QED) is 0.372. The highest BCUT2D eigenvalue weighted by molar-refractivity contribution is 5.85. The minimum absolute atomic E-state index is 0.0461. The van der Waals surface area contributed by atoms with Crippen molar-refractivity contribution in [2.75, 3.05) is 6.61 Å². The lowest BCUT2D eigenvalue weighted by Gasteiger charge is -2.24. The minimum atomic E-state index is -0.961. The van der Waals surface area contributed by atoms with Gasteiger partial charge in [0.05, 0.1) is 24.2 Å². The van der Waals surface area contributed by atoms with Gasteiger partial charge in [-0.3, -0.25) is 14.9 Å². The third-order valence-electron chi connectivity index (χ3n) is 4.76. The Morgan fingerprint density at radius 3 is 1.97 bits per heavy atom. The Morgan fingerprint density at radius 2 is 1.42 bits per heavy atom. The van der Waals surface area contributed by atoms with Crippen molar-refractivity contribution in [3.63, 3.8) is 0 Å². The maximum Gasteiger partial charge on any atom is 0.269 e. The molecule has 0 aliphatic carbocycles. The molecule has 2 N–H and O–H groups in total. The summed E-state index contributed by atoms with van der Waals surface area (Å²) < 4.78 is 11.5. The van der Waals surface area contributed by atoms with Crippen molar-refractivity contribution in [3.8, 4) is 0 Å². The molecule has 0 amide bonds. The lowest BCUT2D eigenvalue weighted by molar-refractivity contribution is -0.384. The van der Waals surface area contributed by atoms with E-state index in [1.807, 2.05) is 60.7 Å². The van der Waals surface area contributed by atoms with Crippen molar-refractivity contribution >= 4 is 11.5 Å². The number of ether oxygens (including phenoxy) is 2. The molecule has 2 atom stereocenters. The van der Waals surface area contributed by atoms with Gasteiger partial charge in [-0.2, -0.15) is 0 Å². The third kappa shape index (κ3) is 6.55. The van der Waals surface area contributed by atoms with Crippen LogP contribution in [0.3, 0.4) is 0 Å². The molecule has 0 heterocycles. The summed E-state index contributed by atoms with van der Waals surface area (Å²) in [5, 5.41) is 10.9. The van der Waals surface area contributed by atoms with Crippen LogP contribution in [-0.4, -0.2) is 23.4 Å². The molecule has 0 spiro atoms. The van der Waals surface area contributed by atoms with Crippen molar-refractivity contribution in [3.05, 3.63) is 112 Å². The molecule has 3 aromatic rings. The SMILES string of the molecule is N[C@H](c1ccc([N+](=O)[O-])cc1)[C@@H](OCc1ccccc1)C(=O)COCc1ccccc1. The third-order valence-corrected chi connectivity index (χ3v) is 4.76. The predicted molar refractivity (Wildman–Crippen MR) is 116 cm³/mol. The zero-order valence-electron chi connectivity index (χ0n) is 16.9. The van der Waals surface area contributed by atoms with Gasteiger partial charge in [-0.1, -0.05) is 72.8 Å². The van der Waals surface area contributed by atoms with Gasteiger partial charge in [0.25, 0.3) is 5.69 Å². The fourth-order valence-electron chi connectivity index (χ4n) is 3.08. The zero-order chi connectivity index (χ0) is 22.1. The summed E-state index contributed by atoms with van der Waals surface area (Å²) >= 11 is 0. The first-order chi connectivity index (χ1) is 15.0. The second kappa shape index (κ2) is 11.1. The monoisotopic (exact) mass is 420 g/mol. The molecule has 3 rings (SSSR count). The number of carbonyl (C=O) groups is 1. The number of hydrogen-bond acceptors (Lipinski definition) is 6. The van der Waals surface area contributed by atoms with Gasteiger partial charge >= 0.3 is 0 Å². The standard InChI is InChI=1S/C24H24N2O5/c25-23(20-11-13-21(14-12-20)26(28)29)24(31-16-19-9-5-2-6-10-19)22(27)17-30-15-18-7-3-1-4-8-18/h1-14,23-24H,15-17,25H2/t23-,24+/m1/s1. The molecule has 0 radical (unpaired) electrons. The van der Waals surface area contributed by atoms with Crippen LogP contribution in [0.25, 0.3) is 0 Å². The number of nitrogens with zero attached hydrogens (tertiary/aromatic N) is 1. The number of nitro groups is 1. The number of benzene rings is 3. The van der Waals surface area contributed by atoms with Crippen LogP contribution in [0.2, 0.25) is 0 Å². The first kappa shape index (κ1) is 22.3. The van der Waals surface area contributed by atoms with Crippen molar-refractivity contribution < 1.29 is 19.2 Å². The Labute approximate surface area is 180 Å². The number of ketones is 1. The average Bonchev–Trinajstić information content (AvgIpc) is 2.80. The Bertz CT molecular complexity index is 978. The van der Waals surface area contributed by atoms with Crippen molar-refractivity contribution in [2.45, 2.75) is 25.4 Å². The fourth-order valence-corrected chi connectivity index (χ4v) is 3.08. The molecule has 0 aliphatic heterocycles. The number of Topliss-reactive ketones (excluding diaryl/α,β-unsaturated/α-hetero) is 1. The molecule has 0 fully saturated rings.